The van der Waals surface area contributed by atoms with E-state index in [0.717, 1.165) is 5.56 Å². The standard InChI is InChI=1S/C12H12N.Li/c1-9(13)11-8-4-6-10-5-2-3-7-12(10)11;/h2-9,13H,1H3;/q-1;+1/t9-;/m1./s1. The van der Waals surface area contributed by atoms with Gasteiger partial charge in [-0.2, -0.15) is 0 Å². The molecule has 2 rings (SSSR count). The van der Waals surface area contributed by atoms with E-state index in [1.165, 1.54) is 10.8 Å². The van der Waals surface area contributed by atoms with E-state index in [2.05, 4.69) is 18.2 Å². The predicted octanol–water partition coefficient (Wildman–Crippen LogP) is 0.957. The van der Waals surface area contributed by atoms with Crippen LogP contribution in [-0.2, 0) is 0 Å². The van der Waals surface area contributed by atoms with Gasteiger partial charge in [0, 0.05) is 0 Å². The molecule has 0 unspecified atom stereocenters. The summed E-state index contributed by atoms with van der Waals surface area (Å²) in [6.45, 7) is 1.90. The van der Waals surface area contributed by atoms with Gasteiger partial charge in [-0.15, -0.1) is 6.04 Å². The minimum Gasteiger partial charge on any atom is -0.671 e. The number of hydrogen-bond donors (Lipinski definition) is 0. The van der Waals surface area contributed by atoms with Crippen LogP contribution in [0.15, 0.2) is 42.5 Å². The maximum absolute atomic E-state index is 7.70. The van der Waals surface area contributed by atoms with Gasteiger partial charge in [0.2, 0.25) is 0 Å². The fourth-order valence-corrected chi connectivity index (χ4v) is 1.63. The van der Waals surface area contributed by atoms with Gasteiger partial charge < -0.3 is 5.73 Å². The number of fused-ring (bicyclic) bond motifs is 1. The largest absolute Gasteiger partial charge is 1.00 e. The molecular formula is C12H12LiN. The SMILES string of the molecule is C[C@@H]([NH-])c1cccc2ccccc12.[Li+]. The Kier molecular flexibility index (Phi) is 3.77. The summed E-state index contributed by atoms with van der Waals surface area (Å²) in [5, 5.41) is 2.42. The van der Waals surface area contributed by atoms with Gasteiger partial charge in [-0.05, 0) is 10.8 Å². The first-order valence-corrected chi connectivity index (χ1v) is 4.48. The summed E-state index contributed by atoms with van der Waals surface area (Å²) in [5.74, 6) is 0. The second-order valence-electron chi connectivity index (χ2n) is 3.29. The molecule has 0 bridgehead atoms. The van der Waals surface area contributed by atoms with Crippen LogP contribution in [-0.4, -0.2) is 0 Å². The first kappa shape index (κ1) is 11.3. The molecular weight excluding hydrogens is 165 g/mol. The fraction of sp³-hybridized carbons (Fsp3) is 0.167. The van der Waals surface area contributed by atoms with Gasteiger partial charge in [0.25, 0.3) is 0 Å². The molecule has 0 aliphatic heterocycles. The summed E-state index contributed by atoms with van der Waals surface area (Å²) >= 11 is 0. The molecule has 1 atom stereocenters. The third-order valence-corrected chi connectivity index (χ3v) is 2.29. The molecule has 1 nitrogen and oxygen atoms in total. The maximum atomic E-state index is 7.70. The average Bonchev–Trinajstić information content (AvgIpc) is 2.17. The molecule has 0 heterocycles. The van der Waals surface area contributed by atoms with E-state index in [9.17, 15) is 0 Å². The second-order valence-corrected chi connectivity index (χ2v) is 3.29. The number of benzene rings is 2. The van der Waals surface area contributed by atoms with Crippen molar-refractivity contribution in [2.45, 2.75) is 13.0 Å². The molecule has 14 heavy (non-hydrogen) atoms. The Balaban J connectivity index is 0.000000980. The Bertz CT molecular complexity index is 418. The Morgan fingerprint density at radius 2 is 1.64 bits per heavy atom. The summed E-state index contributed by atoms with van der Waals surface area (Å²) in [6.07, 6.45) is 0. The Labute approximate surface area is 96.5 Å². The van der Waals surface area contributed by atoms with E-state index in [1.54, 1.807) is 0 Å². The third kappa shape index (κ3) is 2.01. The summed E-state index contributed by atoms with van der Waals surface area (Å²) in [7, 11) is 0. The van der Waals surface area contributed by atoms with E-state index < -0.39 is 0 Å². The smallest absolute Gasteiger partial charge is 0.671 e. The van der Waals surface area contributed by atoms with Crippen LogP contribution in [0.2, 0.25) is 0 Å². The summed E-state index contributed by atoms with van der Waals surface area (Å²) in [4.78, 5) is 0. The molecule has 0 saturated heterocycles. The van der Waals surface area contributed by atoms with Crippen molar-refractivity contribution in [2.75, 3.05) is 0 Å². The van der Waals surface area contributed by atoms with Gasteiger partial charge >= 0.3 is 18.9 Å². The second kappa shape index (κ2) is 4.66. The van der Waals surface area contributed by atoms with Crippen molar-refractivity contribution in [2.24, 2.45) is 0 Å². The van der Waals surface area contributed by atoms with E-state index in [1.807, 2.05) is 31.2 Å². The van der Waals surface area contributed by atoms with Crippen LogP contribution >= 0.6 is 0 Å². The molecule has 2 heteroatoms. The van der Waals surface area contributed by atoms with Crippen LogP contribution in [0.25, 0.3) is 16.5 Å². The van der Waals surface area contributed by atoms with E-state index in [-0.39, 0.29) is 24.9 Å². The van der Waals surface area contributed by atoms with Crippen molar-refractivity contribution >= 4 is 10.8 Å². The zero-order valence-electron chi connectivity index (χ0n) is 8.62. The maximum Gasteiger partial charge on any atom is 1.00 e. The van der Waals surface area contributed by atoms with Gasteiger partial charge in [0.05, 0.1) is 0 Å². The zero-order valence-corrected chi connectivity index (χ0v) is 8.62. The Morgan fingerprint density at radius 3 is 2.36 bits per heavy atom. The summed E-state index contributed by atoms with van der Waals surface area (Å²) in [6, 6.07) is 14.2. The summed E-state index contributed by atoms with van der Waals surface area (Å²) in [5.41, 5.74) is 8.81. The average molecular weight is 177 g/mol. The molecule has 2 aromatic carbocycles. The minimum absolute atomic E-state index is 0. The van der Waals surface area contributed by atoms with Crippen LogP contribution < -0.4 is 18.9 Å². The molecule has 1 N–H and O–H groups in total. The fourth-order valence-electron chi connectivity index (χ4n) is 1.63. The van der Waals surface area contributed by atoms with Crippen molar-refractivity contribution < 1.29 is 18.9 Å². The van der Waals surface area contributed by atoms with Crippen molar-refractivity contribution in [1.29, 1.82) is 0 Å². The molecule has 0 spiro atoms. The van der Waals surface area contributed by atoms with Gasteiger partial charge in [-0.1, -0.05) is 55.0 Å². The van der Waals surface area contributed by atoms with Crippen LogP contribution in [0.4, 0.5) is 0 Å². The van der Waals surface area contributed by atoms with Crippen molar-refractivity contribution in [3.63, 3.8) is 0 Å². The molecule has 2 aromatic rings. The predicted molar refractivity (Wildman–Crippen MR) is 56.7 cm³/mol. The zero-order chi connectivity index (χ0) is 9.26. The number of nitrogens with one attached hydrogen (secondary N) is 1. The molecule has 0 aliphatic carbocycles. The molecule has 0 saturated carbocycles. The quantitative estimate of drug-likeness (QED) is 0.579. The van der Waals surface area contributed by atoms with E-state index >= 15 is 0 Å². The van der Waals surface area contributed by atoms with Crippen LogP contribution in [0.1, 0.15) is 18.5 Å². The van der Waals surface area contributed by atoms with Gasteiger partial charge in [-0.25, -0.2) is 0 Å². The van der Waals surface area contributed by atoms with E-state index in [4.69, 9.17) is 5.73 Å². The van der Waals surface area contributed by atoms with Crippen LogP contribution in [0, 0.1) is 0 Å². The molecule has 0 fully saturated rings. The third-order valence-electron chi connectivity index (χ3n) is 2.29. The van der Waals surface area contributed by atoms with Gasteiger partial charge in [0.1, 0.15) is 0 Å². The van der Waals surface area contributed by atoms with Gasteiger partial charge in [0.15, 0.2) is 0 Å². The molecule has 0 aromatic heterocycles. The number of hydrogen-bond acceptors (Lipinski definition) is 0. The number of rotatable bonds is 1. The first-order valence-electron chi connectivity index (χ1n) is 4.48. The minimum atomic E-state index is -0.147. The Hall–Kier alpha value is -0.743. The van der Waals surface area contributed by atoms with Gasteiger partial charge in [-0.3, -0.25) is 0 Å². The molecule has 0 radical (unpaired) electrons. The first-order chi connectivity index (χ1) is 6.29. The molecule has 66 valence electrons. The van der Waals surface area contributed by atoms with Crippen molar-refractivity contribution in [3.05, 3.63) is 53.8 Å². The summed E-state index contributed by atoms with van der Waals surface area (Å²) < 4.78 is 0. The van der Waals surface area contributed by atoms with Crippen molar-refractivity contribution in [3.8, 4) is 0 Å². The van der Waals surface area contributed by atoms with Crippen LogP contribution in [0.3, 0.4) is 0 Å². The Morgan fingerprint density at radius 1 is 1.00 bits per heavy atom. The van der Waals surface area contributed by atoms with E-state index in [0.29, 0.717) is 0 Å². The molecule has 0 amide bonds. The normalized spacial score (nSPS) is 12.1. The monoisotopic (exact) mass is 177 g/mol. The molecule has 0 aliphatic rings. The topological polar surface area (TPSA) is 23.8 Å². The van der Waals surface area contributed by atoms with Crippen LogP contribution in [0.5, 0.6) is 0 Å². The van der Waals surface area contributed by atoms with Crippen molar-refractivity contribution in [1.82, 2.24) is 0 Å².